The standard InChI is InChI=1S/C16H20N4O/c1-12(19-16(21)14-6-8-17-11-14)13-4-2-5-15(10-13)20-9-3-7-18-20/h2-5,7,9-10,12,14,17H,6,8,11H2,1H3,(H,19,21). The Bertz CT molecular complexity index is 602. The van der Waals surface area contributed by atoms with Gasteiger partial charge in [0.15, 0.2) is 0 Å². The van der Waals surface area contributed by atoms with Crippen LogP contribution in [0.4, 0.5) is 0 Å². The van der Waals surface area contributed by atoms with Crippen LogP contribution < -0.4 is 10.6 Å². The molecule has 110 valence electrons. The molecule has 1 aromatic heterocycles. The van der Waals surface area contributed by atoms with E-state index in [-0.39, 0.29) is 17.9 Å². The number of hydrogen-bond acceptors (Lipinski definition) is 3. The summed E-state index contributed by atoms with van der Waals surface area (Å²) < 4.78 is 1.82. The van der Waals surface area contributed by atoms with Crippen LogP contribution in [0.2, 0.25) is 0 Å². The van der Waals surface area contributed by atoms with Crippen molar-refractivity contribution >= 4 is 5.91 Å². The number of nitrogens with one attached hydrogen (secondary N) is 2. The molecule has 2 heterocycles. The van der Waals surface area contributed by atoms with Gasteiger partial charge in [-0.05, 0) is 43.7 Å². The molecule has 21 heavy (non-hydrogen) atoms. The van der Waals surface area contributed by atoms with Crippen molar-refractivity contribution in [3.05, 3.63) is 48.3 Å². The van der Waals surface area contributed by atoms with E-state index in [4.69, 9.17) is 0 Å². The normalized spacial score (nSPS) is 19.4. The predicted molar refractivity (Wildman–Crippen MR) is 81.1 cm³/mol. The SMILES string of the molecule is CC(NC(=O)C1CCNC1)c1cccc(-n2cccn2)c1. The third-order valence-electron chi connectivity index (χ3n) is 3.93. The summed E-state index contributed by atoms with van der Waals surface area (Å²) in [6.45, 7) is 3.73. The van der Waals surface area contributed by atoms with Crippen LogP contribution in [0.5, 0.6) is 0 Å². The van der Waals surface area contributed by atoms with Crippen LogP contribution in [0, 0.1) is 5.92 Å². The van der Waals surface area contributed by atoms with E-state index in [2.05, 4.69) is 21.8 Å². The second-order valence-electron chi connectivity index (χ2n) is 5.47. The zero-order chi connectivity index (χ0) is 14.7. The van der Waals surface area contributed by atoms with Crippen LogP contribution in [0.1, 0.15) is 24.9 Å². The van der Waals surface area contributed by atoms with Crippen LogP contribution in [-0.4, -0.2) is 28.8 Å². The van der Waals surface area contributed by atoms with Gasteiger partial charge in [-0.1, -0.05) is 12.1 Å². The zero-order valence-corrected chi connectivity index (χ0v) is 12.1. The van der Waals surface area contributed by atoms with E-state index >= 15 is 0 Å². The molecular formula is C16H20N4O. The number of hydrogen-bond donors (Lipinski definition) is 2. The molecule has 1 aliphatic heterocycles. The van der Waals surface area contributed by atoms with Crippen LogP contribution in [0.25, 0.3) is 5.69 Å². The van der Waals surface area contributed by atoms with Crippen molar-refractivity contribution < 1.29 is 4.79 Å². The quantitative estimate of drug-likeness (QED) is 0.897. The van der Waals surface area contributed by atoms with Crippen LogP contribution in [0.3, 0.4) is 0 Å². The van der Waals surface area contributed by atoms with E-state index in [0.717, 1.165) is 30.8 Å². The molecule has 1 amide bonds. The van der Waals surface area contributed by atoms with Gasteiger partial charge in [0.05, 0.1) is 17.6 Å². The number of benzene rings is 1. The molecule has 0 bridgehead atoms. The van der Waals surface area contributed by atoms with Crippen molar-refractivity contribution in [1.82, 2.24) is 20.4 Å². The molecule has 0 spiro atoms. The third kappa shape index (κ3) is 3.13. The van der Waals surface area contributed by atoms with Gasteiger partial charge in [0.25, 0.3) is 0 Å². The number of carbonyl (C=O) groups is 1. The van der Waals surface area contributed by atoms with Crippen molar-refractivity contribution in [2.45, 2.75) is 19.4 Å². The Kier molecular flexibility index (Phi) is 4.01. The molecule has 3 rings (SSSR count). The largest absolute Gasteiger partial charge is 0.349 e. The number of rotatable bonds is 4. The Labute approximate surface area is 124 Å². The van der Waals surface area contributed by atoms with Gasteiger partial charge >= 0.3 is 0 Å². The van der Waals surface area contributed by atoms with Crippen molar-refractivity contribution in [3.63, 3.8) is 0 Å². The molecule has 0 aliphatic carbocycles. The average molecular weight is 284 g/mol. The number of amides is 1. The Hall–Kier alpha value is -2.14. The van der Waals surface area contributed by atoms with E-state index < -0.39 is 0 Å². The molecule has 1 saturated heterocycles. The van der Waals surface area contributed by atoms with E-state index in [1.807, 2.05) is 42.1 Å². The minimum Gasteiger partial charge on any atom is -0.349 e. The molecule has 1 fully saturated rings. The summed E-state index contributed by atoms with van der Waals surface area (Å²) >= 11 is 0. The molecule has 1 aromatic carbocycles. The second kappa shape index (κ2) is 6.10. The van der Waals surface area contributed by atoms with Crippen LogP contribution in [0.15, 0.2) is 42.7 Å². The van der Waals surface area contributed by atoms with Crippen molar-refractivity contribution in [2.75, 3.05) is 13.1 Å². The molecule has 2 unspecified atom stereocenters. The lowest BCUT2D eigenvalue weighted by Gasteiger charge is -2.17. The molecule has 2 atom stereocenters. The zero-order valence-electron chi connectivity index (χ0n) is 12.1. The maximum atomic E-state index is 12.2. The van der Waals surface area contributed by atoms with E-state index in [1.54, 1.807) is 6.20 Å². The summed E-state index contributed by atoms with van der Waals surface area (Å²) in [6, 6.07) is 9.98. The molecule has 5 heteroatoms. The van der Waals surface area contributed by atoms with Gasteiger partial charge < -0.3 is 10.6 Å². The lowest BCUT2D eigenvalue weighted by Crippen LogP contribution is -2.33. The molecule has 0 radical (unpaired) electrons. The van der Waals surface area contributed by atoms with E-state index in [0.29, 0.717) is 0 Å². The summed E-state index contributed by atoms with van der Waals surface area (Å²) in [5.41, 5.74) is 2.09. The number of aromatic nitrogens is 2. The summed E-state index contributed by atoms with van der Waals surface area (Å²) in [5.74, 6) is 0.235. The summed E-state index contributed by atoms with van der Waals surface area (Å²) in [6.07, 6.45) is 4.59. The Balaban J connectivity index is 1.71. The monoisotopic (exact) mass is 284 g/mol. The van der Waals surface area contributed by atoms with Crippen molar-refractivity contribution in [2.24, 2.45) is 5.92 Å². The topological polar surface area (TPSA) is 59.0 Å². The fourth-order valence-electron chi connectivity index (χ4n) is 2.65. The van der Waals surface area contributed by atoms with Gasteiger partial charge in [0, 0.05) is 18.9 Å². The molecule has 2 aromatic rings. The Morgan fingerprint density at radius 3 is 3.10 bits per heavy atom. The molecular weight excluding hydrogens is 264 g/mol. The molecule has 2 N–H and O–H groups in total. The van der Waals surface area contributed by atoms with Gasteiger partial charge in [-0.2, -0.15) is 5.10 Å². The highest BCUT2D eigenvalue weighted by Crippen LogP contribution is 2.18. The van der Waals surface area contributed by atoms with Gasteiger partial charge in [0.2, 0.25) is 5.91 Å². The smallest absolute Gasteiger partial charge is 0.224 e. The molecule has 5 nitrogen and oxygen atoms in total. The first-order chi connectivity index (χ1) is 10.2. The average Bonchev–Trinajstić information content (AvgIpc) is 3.20. The lowest BCUT2D eigenvalue weighted by molar-refractivity contribution is -0.125. The predicted octanol–water partition coefficient (Wildman–Crippen LogP) is 1.66. The lowest BCUT2D eigenvalue weighted by atomic mass is 10.0. The fourth-order valence-corrected chi connectivity index (χ4v) is 2.65. The Morgan fingerprint density at radius 2 is 2.38 bits per heavy atom. The van der Waals surface area contributed by atoms with Crippen LogP contribution in [-0.2, 0) is 4.79 Å². The summed E-state index contributed by atoms with van der Waals surface area (Å²) in [4.78, 5) is 12.2. The summed E-state index contributed by atoms with van der Waals surface area (Å²) in [5, 5.41) is 10.6. The highest BCUT2D eigenvalue weighted by atomic mass is 16.2. The first kappa shape index (κ1) is 13.8. The molecule has 1 aliphatic rings. The van der Waals surface area contributed by atoms with Crippen LogP contribution >= 0.6 is 0 Å². The molecule has 0 saturated carbocycles. The third-order valence-corrected chi connectivity index (χ3v) is 3.93. The first-order valence-corrected chi connectivity index (χ1v) is 7.35. The number of nitrogens with zero attached hydrogens (tertiary/aromatic N) is 2. The van der Waals surface area contributed by atoms with Gasteiger partial charge in [-0.25, -0.2) is 4.68 Å². The highest BCUT2D eigenvalue weighted by Gasteiger charge is 2.23. The summed E-state index contributed by atoms with van der Waals surface area (Å²) in [7, 11) is 0. The van der Waals surface area contributed by atoms with E-state index in [9.17, 15) is 4.79 Å². The van der Waals surface area contributed by atoms with Gasteiger partial charge in [-0.3, -0.25) is 4.79 Å². The fraction of sp³-hybridized carbons (Fsp3) is 0.375. The van der Waals surface area contributed by atoms with Crippen molar-refractivity contribution in [1.29, 1.82) is 0 Å². The Morgan fingerprint density at radius 1 is 1.48 bits per heavy atom. The van der Waals surface area contributed by atoms with Crippen molar-refractivity contribution in [3.8, 4) is 5.69 Å². The minimum atomic E-state index is -0.00591. The maximum Gasteiger partial charge on any atom is 0.224 e. The first-order valence-electron chi connectivity index (χ1n) is 7.35. The number of carbonyl (C=O) groups excluding carboxylic acids is 1. The second-order valence-corrected chi connectivity index (χ2v) is 5.47. The highest BCUT2D eigenvalue weighted by molar-refractivity contribution is 5.79. The van der Waals surface area contributed by atoms with Gasteiger partial charge in [0.1, 0.15) is 0 Å². The minimum absolute atomic E-state index is 0.00591. The maximum absolute atomic E-state index is 12.2. The van der Waals surface area contributed by atoms with Gasteiger partial charge in [-0.15, -0.1) is 0 Å². The van der Waals surface area contributed by atoms with E-state index in [1.165, 1.54) is 0 Å².